The Kier molecular flexibility index (Phi) is 4.20. The number of thiocarbonyl (C=S) groups is 1. The van der Waals surface area contributed by atoms with Crippen LogP contribution in [-0.2, 0) is 6.42 Å². The molecule has 4 nitrogen and oxygen atoms in total. The van der Waals surface area contributed by atoms with E-state index in [1.54, 1.807) is 12.4 Å². The van der Waals surface area contributed by atoms with Crippen LogP contribution in [0.5, 0.6) is 0 Å². The second kappa shape index (κ2) is 6.07. The average molecular weight is 258 g/mol. The highest BCUT2D eigenvalue weighted by Crippen LogP contribution is 2.06. The predicted molar refractivity (Wildman–Crippen MR) is 76.6 cm³/mol. The summed E-state index contributed by atoms with van der Waals surface area (Å²) in [6, 6.07) is 7.73. The number of pyridine rings is 2. The van der Waals surface area contributed by atoms with Crippen molar-refractivity contribution < 1.29 is 0 Å². The van der Waals surface area contributed by atoms with Gasteiger partial charge in [-0.3, -0.25) is 9.97 Å². The van der Waals surface area contributed by atoms with E-state index in [0.717, 1.165) is 18.7 Å². The van der Waals surface area contributed by atoms with Gasteiger partial charge in [-0.05, 0) is 30.2 Å². The molecule has 5 heteroatoms. The Morgan fingerprint density at radius 2 is 2.17 bits per heavy atom. The van der Waals surface area contributed by atoms with Crippen molar-refractivity contribution in [3.63, 3.8) is 0 Å². The summed E-state index contributed by atoms with van der Waals surface area (Å²) in [4.78, 5) is 8.55. The molecule has 0 amide bonds. The standard InChI is InChI=1S/C13H14N4S/c14-13(18)12-4-3-11(9-17-12)16-7-5-10-2-1-6-15-8-10/h1-4,6,8-9,16H,5,7H2,(H2,14,18). The van der Waals surface area contributed by atoms with E-state index in [4.69, 9.17) is 18.0 Å². The Hall–Kier alpha value is -2.01. The van der Waals surface area contributed by atoms with Crippen LogP contribution in [-0.4, -0.2) is 21.5 Å². The molecule has 0 bridgehead atoms. The van der Waals surface area contributed by atoms with Crippen LogP contribution < -0.4 is 11.1 Å². The molecular formula is C13H14N4S. The molecule has 0 fully saturated rings. The number of hydrogen-bond acceptors (Lipinski definition) is 4. The van der Waals surface area contributed by atoms with Gasteiger partial charge >= 0.3 is 0 Å². The van der Waals surface area contributed by atoms with E-state index in [2.05, 4.69) is 21.4 Å². The van der Waals surface area contributed by atoms with E-state index >= 15 is 0 Å². The van der Waals surface area contributed by atoms with Crippen LogP contribution >= 0.6 is 12.2 Å². The van der Waals surface area contributed by atoms with Crippen LogP contribution in [0.4, 0.5) is 5.69 Å². The molecule has 0 aliphatic rings. The third-order valence-electron chi connectivity index (χ3n) is 2.48. The van der Waals surface area contributed by atoms with Gasteiger partial charge in [0.2, 0.25) is 0 Å². The van der Waals surface area contributed by atoms with E-state index in [-0.39, 0.29) is 0 Å². The lowest BCUT2D eigenvalue weighted by Gasteiger charge is -2.06. The summed E-state index contributed by atoms with van der Waals surface area (Å²) in [5.41, 5.74) is 8.29. The van der Waals surface area contributed by atoms with Gasteiger partial charge in [0.05, 0.1) is 17.6 Å². The zero-order valence-corrected chi connectivity index (χ0v) is 10.7. The summed E-state index contributed by atoms with van der Waals surface area (Å²) in [6.07, 6.45) is 6.30. The van der Waals surface area contributed by atoms with Crippen LogP contribution in [0.25, 0.3) is 0 Å². The highest BCUT2D eigenvalue weighted by atomic mass is 32.1. The molecule has 0 unspecified atom stereocenters. The lowest BCUT2D eigenvalue weighted by molar-refractivity contribution is 1.00. The Morgan fingerprint density at radius 1 is 1.28 bits per heavy atom. The maximum Gasteiger partial charge on any atom is 0.122 e. The van der Waals surface area contributed by atoms with Crippen molar-refractivity contribution in [2.75, 3.05) is 11.9 Å². The molecule has 2 aromatic rings. The maximum absolute atomic E-state index is 5.48. The fraction of sp³-hybridized carbons (Fsp3) is 0.154. The maximum atomic E-state index is 5.48. The summed E-state index contributed by atoms with van der Waals surface area (Å²) >= 11 is 4.84. The average Bonchev–Trinajstić information content (AvgIpc) is 2.40. The van der Waals surface area contributed by atoms with E-state index < -0.39 is 0 Å². The van der Waals surface area contributed by atoms with Gasteiger partial charge in [0.1, 0.15) is 4.99 Å². The van der Waals surface area contributed by atoms with E-state index in [1.165, 1.54) is 5.56 Å². The van der Waals surface area contributed by atoms with E-state index in [0.29, 0.717) is 10.7 Å². The number of nitrogens with zero attached hydrogens (tertiary/aromatic N) is 2. The third-order valence-corrected chi connectivity index (χ3v) is 2.69. The molecule has 0 atom stereocenters. The highest BCUT2D eigenvalue weighted by molar-refractivity contribution is 7.80. The molecule has 0 aliphatic carbocycles. The summed E-state index contributed by atoms with van der Waals surface area (Å²) in [6.45, 7) is 0.833. The molecule has 2 aromatic heterocycles. The largest absolute Gasteiger partial charge is 0.388 e. The minimum Gasteiger partial charge on any atom is -0.388 e. The minimum atomic E-state index is 0.317. The first kappa shape index (κ1) is 12.4. The van der Waals surface area contributed by atoms with Crippen molar-refractivity contribution in [3.05, 3.63) is 54.1 Å². The molecule has 0 aliphatic heterocycles. The lowest BCUT2D eigenvalue weighted by Crippen LogP contribution is -2.12. The number of anilines is 1. The smallest absolute Gasteiger partial charge is 0.122 e. The van der Waals surface area contributed by atoms with Gasteiger partial charge in [-0.1, -0.05) is 18.3 Å². The fourth-order valence-corrected chi connectivity index (χ4v) is 1.66. The van der Waals surface area contributed by atoms with Crippen LogP contribution in [0, 0.1) is 0 Å². The van der Waals surface area contributed by atoms with Gasteiger partial charge in [0.15, 0.2) is 0 Å². The van der Waals surface area contributed by atoms with Crippen LogP contribution in [0.15, 0.2) is 42.9 Å². The molecule has 0 saturated carbocycles. The zero-order valence-electron chi connectivity index (χ0n) is 9.84. The van der Waals surface area contributed by atoms with E-state index in [1.807, 2.05) is 24.4 Å². The van der Waals surface area contributed by atoms with Crippen molar-refractivity contribution in [2.45, 2.75) is 6.42 Å². The van der Waals surface area contributed by atoms with Crippen LogP contribution in [0.2, 0.25) is 0 Å². The van der Waals surface area contributed by atoms with Gasteiger partial charge in [0, 0.05) is 18.9 Å². The predicted octanol–water partition coefficient (Wildman–Crippen LogP) is 1.77. The molecule has 3 N–H and O–H groups in total. The Labute approximate surface area is 111 Å². The Bertz CT molecular complexity index is 510. The number of hydrogen-bond donors (Lipinski definition) is 2. The molecule has 18 heavy (non-hydrogen) atoms. The Balaban J connectivity index is 1.85. The molecule has 0 aromatic carbocycles. The topological polar surface area (TPSA) is 63.8 Å². The molecule has 92 valence electrons. The second-order valence-electron chi connectivity index (χ2n) is 3.83. The van der Waals surface area contributed by atoms with Crippen molar-refractivity contribution in [2.24, 2.45) is 5.73 Å². The van der Waals surface area contributed by atoms with Gasteiger partial charge in [-0.15, -0.1) is 0 Å². The normalized spacial score (nSPS) is 10.0. The summed E-state index contributed by atoms with van der Waals surface area (Å²) in [5, 5.41) is 3.28. The zero-order chi connectivity index (χ0) is 12.8. The van der Waals surface area contributed by atoms with Crippen molar-refractivity contribution >= 4 is 22.9 Å². The summed E-state index contributed by atoms with van der Waals surface area (Å²) < 4.78 is 0. The fourth-order valence-electron chi connectivity index (χ4n) is 1.54. The molecular weight excluding hydrogens is 244 g/mol. The highest BCUT2D eigenvalue weighted by Gasteiger charge is 1.98. The summed E-state index contributed by atoms with van der Waals surface area (Å²) in [7, 11) is 0. The van der Waals surface area contributed by atoms with Crippen molar-refractivity contribution in [1.82, 2.24) is 9.97 Å². The van der Waals surface area contributed by atoms with Gasteiger partial charge < -0.3 is 11.1 Å². The quantitative estimate of drug-likeness (QED) is 0.800. The van der Waals surface area contributed by atoms with Crippen molar-refractivity contribution in [1.29, 1.82) is 0 Å². The van der Waals surface area contributed by atoms with Crippen molar-refractivity contribution in [3.8, 4) is 0 Å². The Morgan fingerprint density at radius 3 is 2.78 bits per heavy atom. The van der Waals surface area contributed by atoms with Gasteiger partial charge in [0.25, 0.3) is 0 Å². The van der Waals surface area contributed by atoms with Gasteiger partial charge in [-0.2, -0.15) is 0 Å². The lowest BCUT2D eigenvalue weighted by atomic mass is 10.2. The first-order chi connectivity index (χ1) is 8.75. The van der Waals surface area contributed by atoms with Gasteiger partial charge in [-0.25, -0.2) is 0 Å². The number of nitrogens with one attached hydrogen (secondary N) is 1. The molecule has 0 saturated heterocycles. The number of rotatable bonds is 5. The second-order valence-corrected chi connectivity index (χ2v) is 4.27. The first-order valence-corrected chi connectivity index (χ1v) is 6.05. The monoisotopic (exact) mass is 258 g/mol. The third kappa shape index (κ3) is 3.49. The molecule has 0 spiro atoms. The van der Waals surface area contributed by atoms with Crippen LogP contribution in [0.3, 0.4) is 0 Å². The summed E-state index contributed by atoms with van der Waals surface area (Å²) in [5.74, 6) is 0. The first-order valence-electron chi connectivity index (χ1n) is 5.64. The number of aromatic nitrogens is 2. The van der Waals surface area contributed by atoms with Crippen LogP contribution in [0.1, 0.15) is 11.3 Å². The number of nitrogens with two attached hydrogens (primary N) is 1. The molecule has 2 heterocycles. The van der Waals surface area contributed by atoms with E-state index in [9.17, 15) is 0 Å². The SMILES string of the molecule is NC(=S)c1ccc(NCCc2cccnc2)cn1. The molecule has 0 radical (unpaired) electrons. The minimum absolute atomic E-state index is 0.317. The molecule has 2 rings (SSSR count).